The highest BCUT2D eigenvalue weighted by molar-refractivity contribution is 14.1. The van der Waals surface area contributed by atoms with Gasteiger partial charge in [-0.25, -0.2) is 0 Å². The van der Waals surface area contributed by atoms with E-state index in [1.54, 1.807) is 0 Å². The third kappa shape index (κ3) is 3.92. The molecule has 0 bridgehead atoms. The number of nitrogens with one attached hydrogen (secondary N) is 2. The maximum atomic E-state index is 12.5. The molecule has 1 saturated carbocycles. The lowest BCUT2D eigenvalue weighted by Gasteiger charge is -2.44. The van der Waals surface area contributed by atoms with Gasteiger partial charge in [-0.15, -0.1) is 0 Å². The fraction of sp³-hybridized carbons (Fsp3) is 0.579. The summed E-state index contributed by atoms with van der Waals surface area (Å²) in [6.07, 6.45) is 5.89. The first-order valence-electron chi connectivity index (χ1n) is 8.93. The van der Waals surface area contributed by atoms with E-state index in [0.717, 1.165) is 41.2 Å². The van der Waals surface area contributed by atoms with E-state index < -0.39 is 0 Å². The average Bonchev–Trinajstić information content (AvgIpc) is 2.55. The van der Waals surface area contributed by atoms with E-state index in [4.69, 9.17) is 0 Å². The molecule has 2 fully saturated rings. The highest BCUT2D eigenvalue weighted by Crippen LogP contribution is 2.37. The fourth-order valence-electron chi connectivity index (χ4n) is 4.31. The Kier molecular flexibility index (Phi) is 5.79. The van der Waals surface area contributed by atoms with E-state index in [1.165, 1.54) is 0 Å². The number of benzene rings is 1. The largest absolute Gasteiger partial charge is 0.353 e. The van der Waals surface area contributed by atoms with Gasteiger partial charge in [-0.2, -0.15) is 0 Å². The van der Waals surface area contributed by atoms with Crippen molar-refractivity contribution in [2.24, 2.45) is 11.8 Å². The van der Waals surface area contributed by atoms with Crippen molar-refractivity contribution in [3.8, 4) is 0 Å². The molecule has 3 rings (SSSR count). The summed E-state index contributed by atoms with van der Waals surface area (Å²) in [5.74, 6) is 1.27. The summed E-state index contributed by atoms with van der Waals surface area (Å²) in [6, 6.07) is 8.01. The first kappa shape index (κ1) is 17.7. The maximum absolute atomic E-state index is 12.5. The third-order valence-corrected chi connectivity index (χ3v) is 6.36. The quantitative estimate of drug-likeness (QED) is 0.705. The summed E-state index contributed by atoms with van der Waals surface area (Å²) in [4.78, 5) is 24.5. The van der Waals surface area contributed by atoms with Crippen LogP contribution in [0.15, 0.2) is 24.3 Å². The van der Waals surface area contributed by atoms with Crippen molar-refractivity contribution in [3.63, 3.8) is 0 Å². The highest BCUT2D eigenvalue weighted by Gasteiger charge is 2.40. The summed E-state index contributed by atoms with van der Waals surface area (Å²) in [5, 5.41) is 6.35. The number of carbonyl (C=O) groups is 2. The minimum atomic E-state index is -0.00399. The molecule has 1 aromatic carbocycles. The molecule has 1 aromatic rings. The molecule has 1 aliphatic heterocycles. The molecule has 1 saturated heterocycles. The summed E-state index contributed by atoms with van der Waals surface area (Å²) in [6.45, 7) is 2.19. The molecular weight excluding hydrogens is 415 g/mol. The fourth-order valence-corrected chi connectivity index (χ4v) is 4.94. The summed E-state index contributed by atoms with van der Waals surface area (Å²) < 4.78 is 0.968. The number of hydrogen-bond donors (Lipinski definition) is 2. The second kappa shape index (κ2) is 7.85. The van der Waals surface area contributed by atoms with Gasteiger partial charge in [0, 0.05) is 22.1 Å². The number of piperidine rings is 1. The first-order chi connectivity index (χ1) is 11.6. The number of halogens is 1. The highest BCUT2D eigenvalue weighted by atomic mass is 127. The van der Waals surface area contributed by atoms with Crippen LogP contribution >= 0.6 is 22.6 Å². The van der Waals surface area contributed by atoms with Crippen molar-refractivity contribution in [1.29, 1.82) is 0 Å². The molecular formula is C19H25IN2O2. The Morgan fingerprint density at radius 3 is 2.88 bits per heavy atom. The lowest BCUT2D eigenvalue weighted by molar-refractivity contribution is -0.127. The zero-order valence-electron chi connectivity index (χ0n) is 14.1. The number of rotatable bonds is 4. The molecule has 0 spiro atoms. The molecule has 1 aliphatic carbocycles. The van der Waals surface area contributed by atoms with Gasteiger partial charge < -0.3 is 10.6 Å². The van der Waals surface area contributed by atoms with E-state index in [1.807, 2.05) is 24.3 Å². The van der Waals surface area contributed by atoms with Gasteiger partial charge in [0.1, 0.15) is 0 Å². The van der Waals surface area contributed by atoms with Crippen LogP contribution in [0.5, 0.6) is 0 Å². The van der Waals surface area contributed by atoms with Crippen LogP contribution in [0.1, 0.15) is 55.8 Å². The van der Waals surface area contributed by atoms with Crippen LogP contribution in [0.25, 0.3) is 0 Å². The van der Waals surface area contributed by atoms with Gasteiger partial charge in [0.05, 0.1) is 5.56 Å². The lowest BCUT2D eigenvalue weighted by atomic mass is 9.70. The standard InChI is InChI=1S/C19H25IN2O2/c1-2-5-12-10-18(23)22-17-11-13(8-9-14(12)17)21-19(24)15-6-3-4-7-16(15)20/h3-4,6-7,12-14,17H,2,5,8-11H2,1H3,(H,21,24)(H,22,23). The molecule has 0 radical (unpaired) electrons. The van der Waals surface area contributed by atoms with Crippen LogP contribution in [-0.4, -0.2) is 23.9 Å². The van der Waals surface area contributed by atoms with Crippen molar-refractivity contribution in [1.82, 2.24) is 10.6 Å². The van der Waals surface area contributed by atoms with E-state index in [0.29, 0.717) is 18.3 Å². The van der Waals surface area contributed by atoms with Crippen LogP contribution in [-0.2, 0) is 4.79 Å². The minimum Gasteiger partial charge on any atom is -0.353 e. The third-order valence-electron chi connectivity index (χ3n) is 5.42. The van der Waals surface area contributed by atoms with Gasteiger partial charge in [-0.05, 0) is 72.2 Å². The van der Waals surface area contributed by atoms with Gasteiger partial charge in [0.15, 0.2) is 0 Å². The number of hydrogen-bond acceptors (Lipinski definition) is 2. The van der Waals surface area contributed by atoms with Gasteiger partial charge >= 0.3 is 0 Å². The zero-order valence-corrected chi connectivity index (χ0v) is 16.2. The normalized spacial score (nSPS) is 29.5. The minimum absolute atomic E-state index is 0.00399. The van der Waals surface area contributed by atoms with Crippen molar-refractivity contribution in [3.05, 3.63) is 33.4 Å². The van der Waals surface area contributed by atoms with E-state index in [-0.39, 0.29) is 23.9 Å². The lowest BCUT2D eigenvalue weighted by Crippen LogP contribution is -2.55. The molecule has 1 heterocycles. The molecule has 24 heavy (non-hydrogen) atoms. The van der Waals surface area contributed by atoms with Crippen LogP contribution in [0.3, 0.4) is 0 Å². The molecule has 130 valence electrons. The predicted molar refractivity (Wildman–Crippen MR) is 103 cm³/mol. The van der Waals surface area contributed by atoms with E-state index in [2.05, 4.69) is 40.1 Å². The maximum Gasteiger partial charge on any atom is 0.252 e. The second-order valence-corrected chi connectivity index (χ2v) is 8.22. The Labute approximate surface area is 157 Å². The predicted octanol–water partition coefficient (Wildman–Crippen LogP) is 3.49. The van der Waals surface area contributed by atoms with Gasteiger partial charge in [0.25, 0.3) is 5.91 Å². The summed E-state index contributed by atoms with van der Waals surface area (Å²) in [5.41, 5.74) is 0.733. The zero-order chi connectivity index (χ0) is 17.1. The Bertz CT molecular complexity index is 619. The van der Waals surface area contributed by atoms with Gasteiger partial charge in [0.2, 0.25) is 5.91 Å². The smallest absolute Gasteiger partial charge is 0.252 e. The van der Waals surface area contributed by atoms with Crippen LogP contribution in [0.4, 0.5) is 0 Å². The topological polar surface area (TPSA) is 58.2 Å². The van der Waals surface area contributed by atoms with E-state index in [9.17, 15) is 9.59 Å². The van der Waals surface area contributed by atoms with E-state index >= 15 is 0 Å². The SMILES string of the molecule is CCCC1CC(=O)NC2CC(NC(=O)c3ccccc3I)CCC12. The molecule has 4 unspecified atom stereocenters. The Hall–Kier alpha value is -1.11. The average molecular weight is 440 g/mol. The van der Waals surface area contributed by atoms with Gasteiger partial charge in [-0.1, -0.05) is 25.5 Å². The number of carbonyl (C=O) groups excluding carboxylic acids is 2. The molecule has 2 aliphatic rings. The Morgan fingerprint density at radius 1 is 1.33 bits per heavy atom. The van der Waals surface area contributed by atoms with Crippen molar-refractivity contribution < 1.29 is 9.59 Å². The molecule has 2 amide bonds. The number of fused-ring (bicyclic) bond motifs is 1. The summed E-state index contributed by atoms with van der Waals surface area (Å²) >= 11 is 2.20. The second-order valence-electron chi connectivity index (χ2n) is 7.05. The summed E-state index contributed by atoms with van der Waals surface area (Å²) in [7, 11) is 0. The molecule has 0 aromatic heterocycles. The first-order valence-corrected chi connectivity index (χ1v) is 10.0. The van der Waals surface area contributed by atoms with Crippen molar-refractivity contribution in [2.45, 2.75) is 57.5 Å². The monoisotopic (exact) mass is 440 g/mol. The Balaban J connectivity index is 1.63. The van der Waals surface area contributed by atoms with Crippen molar-refractivity contribution >= 4 is 34.4 Å². The van der Waals surface area contributed by atoms with Gasteiger partial charge in [-0.3, -0.25) is 9.59 Å². The van der Waals surface area contributed by atoms with Crippen LogP contribution < -0.4 is 10.6 Å². The molecule has 4 nitrogen and oxygen atoms in total. The van der Waals surface area contributed by atoms with Crippen LogP contribution in [0, 0.1) is 15.4 Å². The van der Waals surface area contributed by atoms with Crippen molar-refractivity contribution in [2.75, 3.05) is 0 Å². The molecule has 2 N–H and O–H groups in total. The molecule has 4 atom stereocenters. The number of amides is 2. The van der Waals surface area contributed by atoms with Crippen LogP contribution in [0.2, 0.25) is 0 Å². The molecule has 5 heteroatoms. The Morgan fingerprint density at radius 2 is 2.12 bits per heavy atom.